The van der Waals surface area contributed by atoms with E-state index in [1.807, 2.05) is 31.1 Å². The Bertz CT molecular complexity index is 748. The van der Waals surface area contributed by atoms with Crippen LogP contribution in [0.1, 0.15) is 12.5 Å². The van der Waals surface area contributed by atoms with Crippen molar-refractivity contribution >= 4 is 27.3 Å². The Balaban J connectivity index is 1.94. The van der Waals surface area contributed by atoms with Crippen molar-refractivity contribution in [1.29, 1.82) is 0 Å². The van der Waals surface area contributed by atoms with Gasteiger partial charge in [-0.3, -0.25) is 14.8 Å². The van der Waals surface area contributed by atoms with Crippen LogP contribution in [0.25, 0.3) is 0 Å². The van der Waals surface area contributed by atoms with Crippen molar-refractivity contribution in [3.63, 3.8) is 0 Å². The van der Waals surface area contributed by atoms with Crippen molar-refractivity contribution in [1.82, 2.24) is 9.78 Å². The number of nitrogens with zero attached hydrogens (tertiary/aromatic N) is 4. The fourth-order valence-corrected chi connectivity index (χ4v) is 3.20. The largest absolute Gasteiger partial charge is 0.367 e. The number of nitro groups is 1. The second-order valence-corrected chi connectivity index (χ2v) is 6.71. The second kappa shape index (κ2) is 5.93. The van der Waals surface area contributed by atoms with Crippen LogP contribution in [-0.2, 0) is 17.4 Å². The van der Waals surface area contributed by atoms with Gasteiger partial charge in [-0.05, 0) is 19.1 Å². The van der Waals surface area contributed by atoms with Gasteiger partial charge < -0.3 is 9.64 Å². The molecule has 3 rings (SSSR count). The third-order valence-corrected chi connectivity index (χ3v) is 4.56. The van der Waals surface area contributed by atoms with Crippen molar-refractivity contribution in [3.05, 3.63) is 50.7 Å². The predicted octanol–water partition coefficient (Wildman–Crippen LogP) is 2.84. The lowest BCUT2D eigenvalue weighted by molar-refractivity contribution is -0.384. The normalized spacial score (nSPS) is 21.4. The number of benzene rings is 1. The van der Waals surface area contributed by atoms with Crippen LogP contribution in [-0.4, -0.2) is 34.4 Å². The van der Waals surface area contributed by atoms with E-state index < -0.39 is 5.60 Å². The molecule has 0 radical (unpaired) electrons. The third-order valence-electron chi connectivity index (χ3n) is 4.06. The summed E-state index contributed by atoms with van der Waals surface area (Å²) in [5.41, 5.74) is 1.11. The fraction of sp³-hybridized carbons (Fsp3) is 0.400. The Morgan fingerprint density at radius 1 is 1.48 bits per heavy atom. The summed E-state index contributed by atoms with van der Waals surface area (Å²) in [4.78, 5) is 13.0. The van der Waals surface area contributed by atoms with Crippen LogP contribution in [0.4, 0.5) is 11.4 Å². The minimum absolute atomic E-state index is 0.0924. The summed E-state index contributed by atoms with van der Waals surface area (Å²) in [5, 5.41) is 15.6. The minimum Gasteiger partial charge on any atom is -0.367 e. The molecule has 1 unspecified atom stereocenters. The van der Waals surface area contributed by atoms with E-state index in [2.05, 4.69) is 21.0 Å². The van der Waals surface area contributed by atoms with E-state index in [0.717, 1.165) is 5.56 Å². The van der Waals surface area contributed by atoms with Crippen molar-refractivity contribution in [2.24, 2.45) is 7.05 Å². The molecule has 7 nitrogen and oxygen atoms in total. The monoisotopic (exact) mass is 380 g/mol. The first-order valence-corrected chi connectivity index (χ1v) is 8.00. The van der Waals surface area contributed by atoms with Gasteiger partial charge in [-0.2, -0.15) is 5.10 Å². The zero-order chi connectivity index (χ0) is 16.6. The molecule has 0 amide bonds. The first-order valence-electron chi connectivity index (χ1n) is 7.21. The number of aryl methyl sites for hydroxylation is 1. The highest BCUT2D eigenvalue weighted by Crippen LogP contribution is 2.36. The molecule has 23 heavy (non-hydrogen) atoms. The molecule has 2 heterocycles. The van der Waals surface area contributed by atoms with E-state index in [9.17, 15) is 10.1 Å². The average Bonchev–Trinajstić information content (AvgIpc) is 2.94. The first kappa shape index (κ1) is 15.9. The highest BCUT2D eigenvalue weighted by molar-refractivity contribution is 9.10. The number of morpholine rings is 1. The summed E-state index contributed by atoms with van der Waals surface area (Å²) in [6.07, 6.45) is 3.69. The number of ether oxygens (including phenoxy) is 1. The van der Waals surface area contributed by atoms with Gasteiger partial charge in [-0.15, -0.1) is 0 Å². The number of anilines is 1. The Kier molecular flexibility index (Phi) is 4.11. The number of nitro benzene ring substituents is 1. The summed E-state index contributed by atoms with van der Waals surface area (Å²) in [7, 11) is 1.85. The molecule has 1 aliphatic heterocycles. The van der Waals surface area contributed by atoms with Crippen molar-refractivity contribution < 1.29 is 9.66 Å². The van der Waals surface area contributed by atoms with E-state index >= 15 is 0 Å². The lowest BCUT2D eigenvalue weighted by Crippen LogP contribution is -2.48. The predicted molar refractivity (Wildman–Crippen MR) is 89.5 cm³/mol. The Hall–Kier alpha value is -1.93. The van der Waals surface area contributed by atoms with Gasteiger partial charge in [0.15, 0.2) is 0 Å². The minimum atomic E-state index is -0.548. The number of rotatable bonds is 3. The molecule has 0 aliphatic carbocycles. The number of hydrogen-bond acceptors (Lipinski definition) is 5. The highest BCUT2D eigenvalue weighted by atomic mass is 79.9. The number of aromatic nitrogens is 2. The van der Waals surface area contributed by atoms with Gasteiger partial charge in [-0.25, -0.2) is 0 Å². The zero-order valence-electron chi connectivity index (χ0n) is 12.9. The average molecular weight is 381 g/mol. The Morgan fingerprint density at radius 3 is 2.91 bits per heavy atom. The fourth-order valence-electron chi connectivity index (χ4n) is 2.85. The quantitative estimate of drug-likeness (QED) is 0.604. The standard InChI is InChI=1S/C15H17BrN4O3/c1-15(11-8-17-18(2)9-11)10-19(5-6-23-15)13-4-3-12(16)7-14(13)20(21)22/h3-4,7-9H,5-6,10H2,1-2H3. The molecule has 0 bridgehead atoms. The molecule has 1 saturated heterocycles. The molecule has 122 valence electrons. The van der Waals surface area contributed by atoms with Crippen LogP contribution >= 0.6 is 15.9 Å². The van der Waals surface area contributed by atoms with Gasteiger partial charge >= 0.3 is 0 Å². The van der Waals surface area contributed by atoms with E-state index in [0.29, 0.717) is 29.9 Å². The molecule has 1 aliphatic rings. The van der Waals surface area contributed by atoms with E-state index in [1.165, 1.54) is 6.07 Å². The number of halogens is 1. The van der Waals surface area contributed by atoms with Gasteiger partial charge in [0.25, 0.3) is 5.69 Å². The van der Waals surface area contributed by atoms with Gasteiger partial charge in [0.1, 0.15) is 11.3 Å². The Labute approximate surface area is 142 Å². The maximum absolute atomic E-state index is 11.4. The molecular formula is C15H17BrN4O3. The maximum Gasteiger partial charge on any atom is 0.293 e. The molecule has 1 atom stereocenters. The van der Waals surface area contributed by atoms with Crippen LogP contribution in [0, 0.1) is 10.1 Å². The molecule has 0 N–H and O–H groups in total. The molecule has 0 saturated carbocycles. The van der Waals surface area contributed by atoms with Crippen LogP contribution in [0.3, 0.4) is 0 Å². The van der Waals surface area contributed by atoms with Gasteiger partial charge in [0, 0.05) is 35.9 Å². The molecule has 1 fully saturated rings. The lowest BCUT2D eigenvalue weighted by Gasteiger charge is -2.41. The van der Waals surface area contributed by atoms with Gasteiger partial charge in [0.2, 0.25) is 0 Å². The summed E-state index contributed by atoms with van der Waals surface area (Å²) in [6, 6.07) is 5.13. The highest BCUT2D eigenvalue weighted by Gasteiger charge is 2.36. The van der Waals surface area contributed by atoms with Crippen LogP contribution in [0.2, 0.25) is 0 Å². The number of hydrogen-bond donors (Lipinski definition) is 0. The van der Waals surface area contributed by atoms with Crippen LogP contribution in [0.15, 0.2) is 35.1 Å². The maximum atomic E-state index is 11.4. The van der Waals surface area contributed by atoms with E-state index in [1.54, 1.807) is 16.9 Å². The van der Waals surface area contributed by atoms with Gasteiger partial charge in [-0.1, -0.05) is 15.9 Å². The molecule has 8 heteroatoms. The smallest absolute Gasteiger partial charge is 0.293 e. The van der Waals surface area contributed by atoms with Crippen molar-refractivity contribution in [2.75, 3.05) is 24.6 Å². The zero-order valence-corrected chi connectivity index (χ0v) is 14.5. The SMILES string of the molecule is Cn1cc(C2(C)CN(c3ccc(Br)cc3[N+](=O)[O-])CCO2)cn1. The summed E-state index contributed by atoms with van der Waals surface area (Å²) in [6.45, 7) is 3.62. The van der Waals surface area contributed by atoms with Gasteiger partial charge in [0.05, 0.1) is 24.3 Å². The summed E-state index contributed by atoms with van der Waals surface area (Å²) < 4.78 is 8.38. The van der Waals surface area contributed by atoms with Crippen molar-refractivity contribution in [2.45, 2.75) is 12.5 Å². The first-order chi connectivity index (χ1) is 10.9. The molecular weight excluding hydrogens is 364 g/mol. The third kappa shape index (κ3) is 3.09. The summed E-state index contributed by atoms with van der Waals surface area (Å²) in [5.74, 6) is 0. The second-order valence-electron chi connectivity index (χ2n) is 5.79. The topological polar surface area (TPSA) is 73.4 Å². The molecule has 0 spiro atoms. The van der Waals surface area contributed by atoms with Crippen molar-refractivity contribution in [3.8, 4) is 0 Å². The van der Waals surface area contributed by atoms with E-state index in [-0.39, 0.29) is 10.6 Å². The molecule has 1 aromatic heterocycles. The molecule has 2 aromatic rings. The molecule has 1 aromatic carbocycles. The summed E-state index contributed by atoms with van der Waals surface area (Å²) >= 11 is 3.29. The Morgan fingerprint density at radius 2 is 2.26 bits per heavy atom. The van der Waals surface area contributed by atoms with Crippen LogP contribution in [0.5, 0.6) is 0 Å². The lowest BCUT2D eigenvalue weighted by atomic mass is 9.96. The van der Waals surface area contributed by atoms with E-state index in [4.69, 9.17) is 4.74 Å². The van der Waals surface area contributed by atoms with Crippen LogP contribution < -0.4 is 4.90 Å².